The quantitative estimate of drug-likeness (QED) is 0.793. The molecule has 2 N–H and O–H groups in total. The Morgan fingerprint density at radius 1 is 0.862 bits per heavy atom. The molecule has 5 heteroatoms. The van der Waals surface area contributed by atoms with Crippen LogP contribution in [0.2, 0.25) is 0 Å². The van der Waals surface area contributed by atoms with Gasteiger partial charge in [-0.25, -0.2) is 0 Å². The van der Waals surface area contributed by atoms with Crippen LogP contribution in [0.4, 0.5) is 5.69 Å². The molecule has 2 aromatic rings. The molecular weight excluding hydrogens is 360 g/mol. The number of amides is 1. The fraction of sp³-hybridized carbons (Fsp3) is 0.458. The monoisotopic (exact) mass is 392 g/mol. The first-order valence-electron chi connectivity index (χ1n) is 10.9. The summed E-state index contributed by atoms with van der Waals surface area (Å²) in [6.07, 6.45) is 3.22. The number of rotatable bonds is 6. The molecule has 0 aliphatic carbocycles. The van der Waals surface area contributed by atoms with E-state index < -0.39 is 0 Å². The number of carbonyl (C=O) groups is 1. The molecule has 2 aromatic carbocycles. The molecule has 4 rings (SSSR count). The summed E-state index contributed by atoms with van der Waals surface area (Å²) in [5.74, 6) is 0.0898. The van der Waals surface area contributed by atoms with Gasteiger partial charge >= 0.3 is 0 Å². The largest absolute Gasteiger partial charge is 0.325 e. The summed E-state index contributed by atoms with van der Waals surface area (Å²) in [5, 5.41) is 6.35. The summed E-state index contributed by atoms with van der Waals surface area (Å²) < 4.78 is 0. The van der Waals surface area contributed by atoms with E-state index in [0.717, 1.165) is 64.3 Å². The molecule has 0 radical (unpaired) electrons. The zero-order valence-electron chi connectivity index (χ0n) is 17.1. The molecule has 154 valence electrons. The lowest BCUT2D eigenvalue weighted by Crippen LogP contribution is -2.45. The van der Waals surface area contributed by atoms with Crippen molar-refractivity contribution in [2.45, 2.75) is 38.4 Å². The van der Waals surface area contributed by atoms with Crippen molar-refractivity contribution < 1.29 is 4.79 Å². The summed E-state index contributed by atoms with van der Waals surface area (Å²) in [4.78, 5) is 17.4. The number of carbonyl (C=O) groups excluding carboxylic acids is 1. The van der Waals surface area contributed by atoms with E-state index in [-0.39, 0.29) is 11.9 Å². The van der Waals surface area contributed by atoms with E-state index in [9.17, 15) is 4.79 Å². The average molecular weight is 393 g/mol. The van der Waals surface area contributed by atoms with Crippen LogP contribution in [0.1, 0.15) is 30.4 Å². The smallest absolute Gasteiger partial charge is 0.241 e. The predicted octanol–water partition coefficient (Wildman–Crippen LogP) is 3.09. The van der Waals surface area contributed by atoms with Crippen molar-refractivity contribution in [3.8, 4) is 0 Å². The van der Waals surface area contributed by atoms with Gasteiger partial charge in [-0.3, -0.25) is 14.6 Å². The van der Waals surface area contributed by atoms with Crippen LogP contribution < -0.4 is 10.6 Å². The molecule has 0 bridgehead atoms. The van der Waals surface area contributed by atoms with E-state index in [4.69, 9.17) is 0 Å². The maximum Gasteiger partial charge on any atom is 0.241 e. The van der Waals surface area contributed by atoms with Gasteiger partial charge in [-0.1, -0.05) is 48.9 Å². The molecular formula is C24H32N4O. The number of piperazine rings is 1. The molecule has 1 amide bonds. The summed E-state index contributed by atoms with van der Waals surface area (Å²) >= 11 is 0. The molecule has 0 aromatic heterocycles. The SMILES string of the molecule is O=C(Nc1ccc(CN2CCN(Cc3ccccc3)CC2)cc1)C1CCCCN1. The number of anilines is 1. The first kappa shape index (κ1) is 20.1. The van der Waals surface area contributed by atoms with Gasteiger partial charge in [-0.05, 0) is 42.6 Å². The summed E-state index contributed by atoms with van der Waals surface area (Å²) in [6.45, 7) is 7.36. The minimum atomic E-state index is -0.0457. The summed E-state index contributed by atoms with van der Waals surface area (Å²) in [7, 11) is 0. The fourth-order valence-corrected chi connectivity index (χ4v) is 4.20. The van der Waals surface area contributed by atoms with Gasteiger partial charge in [0.15, 0.2) is 0 Å². The third-order valence-corrected chi connectivity index (χ3v) is 5.97. The Morgan fingerprint density at radius 2 is 1.48 bits per heavy atom. The maximum atomic E-state index is 12.3. The Balaban J connectivity index is 1.21. The van der Waals surface area contributed by atoms with Crippen LogP contribution in [0.3, 0.4) is 0 Å². The molecule has 2 aliphatic rings. The minimum absolute atomic E-state index is 0.0457. The first-order chi connectivity index (χ1) is 14.3. The highest BCUT2D eigenvalue weighted by molar-refractivity contribution is 5.94. The number of hydrogen-bond donors (Lipinski definition) is 2. The topological polar surface area (TPSA) is 47.6 Å². The van der Waals surface area contributed by atoms with Crippen molar-refractivity contribution >= 4 is 11.6 Å². The Morgan fingerprint density at radius 3 is 2.07 bits per heavy atom. The number of nitrogens with zero attached hydrogens (tertiary/aromatic N) is 2. The molecule has 0 spiro atoms. The molecule has 1 atom stereocenters. The second-order valence-electron chi connectivity index (χ2n) is 8.23. The van der Waals surface area contributed by atoms with Gasteiger partial charge in [0.05, 0.1) is 6.04 Å². The van der Waals surface area contributed by atoms with E-state index in [1.807, 2.05) is 12.1 Å². The highest BCUT2D eigenvalue weighted by atomic mass is 16.2. The van der Waals surface area contributed by atoms with E-state index in [2.05, 4.69) is 62.9 Å². The van der Waals surface area contributed by atoms with Crippen LogP contribution in [0.25, 0.3) is 0 Å². The summed E-state index contributed by atoms with van der Waals surface area (Å²) in [5.41, 5.74) is 3.58. The van der Waals surface area contributed by atoms with E-state index in [1.165, 1.54) is 17.5 Å². The van der Waals surface area contributed by atoms with Gasteiger partial charge < -0.3 is 10.6 Å². The Bertz CT molecular complexity index is 763. The maximum absolute atomic E-state index is 12.3. The fourth-order valence-electron chi connectivity index (χ4n) is 4.20. The lowest BCUT2D eigenvalue weighted by molar-refractivity contribution is -0.118. The van der Waals surface area contributed by atoms with E-state index >= 15 is 0 Å². The van der Waals surface area contributed by atoms with Crippen molar-refractivity contribution in [2.24, 2.45) is 0 Å². The Kier molecular flexibility index (Phi) is 6.93. The van der Waals surface area contributed by atoms with Crippen LogP contribution in [0, 0.1) is 0 Å². The molecule has 0 saturated carbocycles. The molecule has 2 aliphatic heterocycles. The highest BCUT2D eigenvalue weighted by Crippen LogP contribution is 2.15. The lowest BCUT2D eigenvalue weighted by atomic mass is 10.0. The average Bonchev–Trinajstić information content (AvgIpc) is 2.78. The molecule has 1 unspecified atom stereocenters. The normalized spacial score (nSPS) is 21.0. The van der Waals surface area contributed by atoms with Gasteiger partial charge in [0, 0.05) is 45.0 Å². The molecule has 29 heavy (non-hydrogen) atoms. The standard InChI is InChI=1S/C24H32N4O/c29-24(23-8-4-5-13-25-23)26-22-11-9-21(10-12-22)19-28-16-14-27(15-17-28)18-20-6-2-1-3-7-20/h1-3,6-7,9-12,23,25H,4-5,8,13-19H2,(H,26,29). The minimum Gasteiger partial charge on any atom is -0.325 e. The molecule has 2 heterocycles. The van der Waals surface area contributed by atoms with Gasteiger partial charge in [0.1, 0.15) is 0 Å². The van der Waals surface area contributed by atoms with Gasteiger partial charge in [0.25, 0.3) is 0 Å². The van der Waals surface area contributed by atoms with Crippen LogP contribution in [-0.4, -0.2) is 54.5 Å². The van der Waals surface area contributed by atoms with Crippen molar-refractivity contribution in [1.82, 2.24) is 15.1 Å². The van der Waals surface area contributed by atoms with Crippen molar-refractivity contribution in [1.29, 1.82) is 0 Å². The lowest BCUT2D eigenvalue weighted by Gasteiger charge is -2.34. The highest BCUT2D eigenvalue weighted by Gasteiger charge is 2.20. The van der Waals surface area contributed by atoms with Crippen LogP contribution in [0.15, 0.2) is 54.6 Å². The second-order valence-corrected chi connectivity index (χ2v) is 8.23. The van der Waals surface area contributed by atoms with Gasteiger partial charge in [-0.2, -0.15) is 0 Å². The van der Waals surface area contributed by atoms with Gasteiger partial charge in [-0.15, -0.1) is 0 Å². The van der Waals surface area contributed by atoms with Crippen molar-refractivity contribution in [2.75, 3.05) is 38.0 Å². The number of piperidine rings is 1. The van der Waals surface area contributed by atoms with Gasteiger partial charge in [0.2, 0.25) is 5.91 Å². The van der Waals surface area contributed by atoms with E-state index in [0.29, 0.717) is 0 Å². The Hall–Kier alpha value is -2.21. The zero-order chi connectivity index (χ0) is 19.9. The molecule has 5 nitrogen and oxygen atoms in total. The van der Waals surface area contributed by atoms with Crippen molar-refractivity contribution in [3.63, 3.8) is 0 Å². The van der Waals surface area contributed by atoms with E-state index in [1.54, 1.807) is 0 Å². The van der Waals surface area contributed by atoms with Crippen LogP contribution in [-0.2, 0) is 17.9 Å². The number of nitrogens with one attached hydrogen (secondary N) is 2. The second kappa shape index (κ2) is 10.0. The first-order valence-corrected chi connectivity index (χ1v) is 10.9. The number of benzene rings is 2. The van der Waals surface area contributed by atoms with Crippen LogP contribution in [0.5, 0.6) is 0 Å². The Labute approximate surface area is 174 Å². The zero-order valence-corrected chi connectivity index (χ0v) is 17.1. The predicted molar refractivity (Wildman–Crippen MR) is 118 cm³/mol. The molecule has 2 fully saturated rings. The van der Waals surface area contributed by atoms with Crippen LogP contribution >= 0.6 is 0 Å². The summed E-state index contributed by atoms with van der Waals surface area (Å²) in [6, 6.07) is 19.0. The third-order valence-electron chi connectivity index (χ3n) is 5.97. The molecule has 2 saturated heterocycles. The number of hydrogen-bond acceptors (Lipinski definition) is 4. The third kappa shape index (κ3) is 5.89. The van der Waals surface area contributed by atoms with Crippen molar-refractivity contribution in [3.05, 3.63) is 65.7 Å².